The summed E-state index contributed by atoms with van der Waals surface area (Å²) in [6, 6.07) is 1.64. The van der Waals surface area contributed by atoms with E-state index in [9.17, 15) is 4.79 Å². The number of aryl methyl sites for hydroxylation is 1. The normalized spacial score (nSPS) is 10.8. The van der Waals surface area contributed by atoms with Gasteiger partial charge in [-0.3, -0.25) is 4.79 Å². The predicted octanol–water partition coefficient (Wildman–Crippen LogP) is -0.362. The molecule has 1 heterocycles. The molecule has 0 aliphatic carbocycles. The smallest absolute Gasteiger partial charge is 0.273 e. The van der Waals surface area contributed by atoms with Crippen molar-refractivity contribution in [2.75, 3.05) is 26.2 Å². The van der Waals surface area contributed by atoms with Crippen LogP contribution in [0.15, 0.2) is 10.6 Å². The first-order valence-electron chi connectivity index (χ1n) is 5.72. The second-order valence-electron chi connectivity index (χ2n) is 3.79. The molecule has 5 heteroatoms. The van der Waals surface area contributed by atoms with Gasteiger partial charge < -0.3 is 14.7 Å². The molecule has 0 fully saturated rings. The van der Waals surface area contributed by atoms with Crippen molar-refractivity contribution < 1.29 is 14.2 Å². The molecule has 1 rings (SSSR count). The summed E-state index contributed by atoms with van der Waals surface area (Å²) < 4.78 is 4.84. The molecule has 0 radical (unpaired) electrons. The molecule has 0 saturated heterocycles. The highest BCUT2D eigenvalue weighted by Gasteiger charge is 2.11. The van der Waals surface area contributed by atoms with Gasteiger partial charge in [-0.1, -0.05) is 5.16 Å². The highest BCUT2D eigenvalue weighted by molar-refractivity contribution is 5.92. The van der Waals surface area contributed by atoms with Gasteiger partial charge in [0.1, 0.15) is 5.76 Å². The highest BCUT2D eigenvalue weighted by atomic mass is 16.5. The minimum absolute atomic E-state index is 0.164. The van der Waals surface area contributed by atoms with Crippen LogP contribution in [0, 0.1) is 6.92 Å². The summed E-state index contributed by atoms with van der Waals surface area (Å²) >= 11 is 0. The van der Waals surface area contributed by atoms with Crippen LogP contribution in [0.4, 0.5) is 0 Å². The Morgan fingerprint density at radius 3 is 2.69 bits per heavy atom. The van der Waals surface area contributed by atoms with Crippen LogP contribution in [-0.2, 0) is 0 Å². The predicted molar refractivity (Wildman–Crippen MR) is 60.5 cm³/mol. The molecule has 0 saturated carbocycles. The SMILES string of the molecule is CC[NH+](CC)CCNC(=O)c1cc(C)on1. The van der Waals surface area contributed by atoms with Crippen LogP contribution in [0.3, 0.4) is 0 Å². The standard InChI is InChI=1S/C11H19N3O2/c1-4-14(5-2)7-6-12-11(15)10-8-9(3)16-13-10/h8H,4-7H2,1-3H3,(H,12,15)/p+1. The van der Waals surface area contributed by atoms with Gasteiger partial charge in [0.25, 0.3) is 5.91 Å². The fourth-order valence-corrected chi connectivity index (χ4v) is 1.52. The number of amides is 1. The maximum atomic E-state index is 11.6. The zero-order valence-corrected chi connectivity index (χ0v) is 10.2. The van der Waals surface area contributed by atoms with E-state index in [1.807, 2.05) is 0 Å². The molecular weight excluding hydrogens is 206 g/mol. The number of hydrogen-bond acceptors (Lipinski definition) is 3. The molecule has 2 N–H and O–H groups in total. The van der Waals surface area contributed by atoms with Crippen molar-refractivity contribution >= 4 is 5.91 Å². The molecule has 0 unspecified atom stereocenters. The molecule has 90 valence electrons. The maximum absolute atomic E-state index is 11.6. The highest BCUT2D eigenvalue weighted by Crippen LogP contribution is 2.00. The summed E-state index contributed by atoms with van der Waals surface area (Å²) in [6.45, 7) is 9.81. The molecule has 0 spiro atoms. The van der Waals surface area contributed by atoms with Gasteiger partial charge in [-0.2, -0.15) is 0 Å². The number of carbonyl (C=O) groups excluding carboxylic acids is 1. The number of nitrogens with zero attached hydrogens (tertiary/aromatic N) is 1. The van der Waals surface area contributed by atoms with E-state index < -0.39 is 0 Å². The van der Waals surface area contributed by atoms with Crippen molar-refractivity contribution in [3.8, 4) is 0 Å². The van der Waals surface area contributed by atoms with Crippen molar-refractivity contribution in [2.24, 2.45) is 0 Å². The molecule has 1 aromatic heterocycles. The summed E-state index contributed by atoms with van der Waals surface area (Å²) in [7, 11) is 0. The molecule has 0 bridgehead atoms. The van der Waals surface area contributed by atoms with Crippen LogP contribution in [0.1, 0.15) is 30.1 Å². The van der Waals surface area contributed by atoms with E-state index in [4.69, 9.17) is 4.52 Å². The van der Waals surface area contributed by atoms with Gasteiger partial charge >= 0.3 is 0 Å². The third-order valence-corrected chi connectivity index (χ3v) is 2.62. The van der Waals surface area contributed by atoms with Crippen molar-refractivity contribution in [3.63, 3.8) is 0 Å². The van der Waals surface area contributed by atoms with Gasteiger partial charge in [0.2, 0.25) is 0 Å². The quantitative estimate of drug-likeness (QED) is 0.696. The number of hydrogen-bond donors (Lipinski definition) is 2. The summed E-state index contributed by atoms with van der Waals surface area (Å²) in [5, 5.41) is 6.49. The number of quaternary nitrogens is 1. The van der Waals surface area contributed by atoms with Crippen LogP contribution in [0.2, 0.25) is 0 Å². The number of likely N-dealkylation sites (N-methyl/N-ethyl adjacent to an activating group) is 1. The summed E-state index contributed by atoms with van der Waals surface area (Å²) in [5.74, 6) is 0.489. The van der Waals surface area contributed by atoms with Gasteiger partial charge in [-0.25, -0.2) is 0 Å². The first-order valence-corrected chi connectivity index (χ1v) is 5.72. The molecule has 0 aliphatic heterocycles. The summed E-state index contributed by atoms with van der Waals surface area (Å²) in [6.07, 6.45) is 0. The van der Waals surface area contributed by atoms with Crippen LogP contribution >= 0.6 is 0 Å². The van der Waals surface area contributed by atoms with E-state index in [1.165, 1.54) is 4.90 Å². The number of carbonyl (C=O) groups is 1. The zero-order chi connectivity index (χ0) is 12.0. The van der Waals surface area contributed by atoms with E-state index in [-0.39, 0.29) is 5.91 Å². The fraction of sp³-hybridized carbons (Fsp3) is 0.636. The molecular formula is C11H20N3O2+. The van der Waals surface area contributed by atoms with Crippen molar-refractivity contribution in [3.05, 3.63) is 17.5 Å². The largest absolute Gasteiger partial charge is 0.361 e. The second kappa shape index (κ2) is 6.27. The third-order valence-electron chi connectivity index (χ3n) is 2.62. The Labute approximate surface area is 95.8 Å². The van der Waals surface area contributed by atoms with Crippen molar-refractivity contribution in [1.82, 2.24) is 10.5 Å². The van der Waals surface area contributed by atoms with Gasteiger partial charge in [0.05, 0.1) is 26.2 Å². The third kappa shape index (κ3) is 3.66. The average molecular weight is 226 g/mol. The Morgan fingerprint density at radius 1 is 1.50 bits per heavy atom. The molecule has 16 heavy (non-hydrogen) atoms. The molecule has 1 amide bonds. The average Bonchev–Trinajstić information content (AvgIpc) is 2.71. The lowest BCUT2D eigenvalue weighted by atomic mass is 10.3. The second-order valence-corrected chi connectivity index (χ2v) is 3.79. The van der Waals surface area contributed by atoms with Crippen LogP contribution in [-0.4, -0.2) is 37.2 Å². The van der Waals surface area contributed by atoms with E-state index in [1.54, 1.807) is 13.0 Å². The van der Waals surface area contributed by atoms with Gasteiger partial charge in [-0.05, 0) is 20.8 Å². The number of nitrogens with one attached hydrogen (secondary N) is 2. The van der Waals surface area contributed by atoms with Gasteiger partial charge in [-0.15, -0.1) is 0 Å². The Hall–Kier alpha value is -1.36. The van der Waals surface area contributed by atoms with E-state index in [2.05, 4.69) is 24.3 Å². The lowest BCUT2D eigenvalue weighted by Gasteiger charge is -2.14. The van der Waals surface area contributed by atoms with Gasteiger partial charge in [0, 0.05) is 6.07 Å². The number of aromatic nitrogens is 1. The van der Waals surface area contributed by atoms with Crippen molar-refractivity contribution in [1.29, 1.82) is 0 Å². The van der Waals surface area contributed by atoms with E-state index in [0.717, 1.165) is 19.6 Å². The van der Waals surface area contributed by atoms with Crippen LogP contribution < -0.4 is 10.2 Å². The summed E-state index contributed by atoms with van der Waals surface area (Å²) in [5.41, 5.74) is 0.354. The lowest BCUT2D eigenvalue weighted by Crippen LogP contribution is -3.12. The molecule has 0 atom stereocenters. The molecule has 0 aromatic carbocycles. The Bertz CT molecular complexity index is 332. The number of rotatable bonds is 6. The topological polar surface area (TPSA) is 59.6 Å². The minimum Gasteiger partial charge on any atom is -0.361 e. The van der Waals surface area contributed by atoms with E-state index >= 15 is 0 Å². The first-order chi connectivity index (χ1) is 7.67. The fourth-order valence-electron chi connectivity index (χ4n) is 1.52. The minimum atomic E-state index is -0.164. The zero-order valence-electron chi connectivity index (χ0n) is 10.2. The van der Waals surface area contributed by atoms with Crippen LogP contribution in [0.5, 0.6) is 0 Å². The van der Waals surface area contributed by atoms with Crippen LogP contribution in [0.25, 0.3) is 0 Å². The Balaban J connectivity index is 2.30. The van der Waals surface area contributed by atoms with E-state index in [0.29, 0.717) is 18.0 Å². The first kappa shape index (κ1) is 12.7. The molecule has 1 aromatic rings. The maximum Gasteiger partial charge on any atom is 0.273 e. The molecule has 0 aliphatic rings. The molecule has 5 nitrogen and oxygen atoms in total. The Morgan fingerprint density at radius 2 is 2.19 bits per heavy atom. The van der Waals surface area contributed by atoms with Gasteiger partial charge in [0.15, 0.2) is 5.69 Å². The summed E-state index contributed by atoms with van der Waals surface area (Å²) in [4.78, 5) is 13.0. The lowest BCUT2D eigenvalue weighted by molar-refractivity contribution is -0.895. The van der Waals surface area contributed by atoms with Crippen molar-refractivity contribution in [2.45, 2.75) is 20.8 Å². The monoisotopic (exact) mass is 226 g/mol. The Kier molecular flexibility index (Phi) is 4.98.